The molecule has 6 nitrogen and oxygen atoms in total. The van der Waals surface area contributed by atoms with Gasteiger partial charge in [0.05, 0.1) is 0 Å². The smallest absolute Gasteiger partial charge is 0.255 e. The average Bonchev–Trinajstić information content (AvgIpc) is 3.11. The summed E-state index contributed by atoms with van der Waals surface area (Å²) in [6.07, 6.45) is 0.573. The number of rotatable bonds is 3. The fourth-order valence-electron chi connectivity index (χ4n) is 3.92. The zero-order valence-electron chi connectivity index (χ0n) is 16.0. The van der Waals surface area contributed by atoms with E-state index in [2.05, 4.69) is 10.6 Å². The number of imide groups is 1. The molecule has 1 aromatic heterocycles. The van der Waals surface area contributed by atoms with Gasteiger partial charge >= 0.3 is 0 Å². The van der Waals surface area contributed by atoms with E-state index in [1.165, 1.54) is 0 Å². The summed E-state index contributed by atoms with van der Waals surface area (Å²) >= 11 is 0. The Morgan fingerprint density at radius 1 is 0.867 bits per heavy atom. The number of amides is 3. The standard InChI is InChI=1S/C24H18N2O4/c27-22-12-16(13-23(28)26-22)14-5-8-17(9-6-14)25-24(29)15-7-10-19-18-3-1-2-4-20(18)30-21(19)11-15/h1-11,16H,12-13H2,(H,25,29)(H,26,27,28). The predicted molar refractivity (Wildman–Crippen MR) is 113 cm³/mol. The predicted octanol–water partition coefficient (Wildman–Crippen LogP) is 4.36. The van der Waals surface area contributed by atoms with Crippen molar-refractivity contribution in [2.24, 2.45) is 0 Å². The van der Waals surface area contributed by atoms with Gasteiger partial charge in [0.25, 0.3) is 5.91 Å². The molecule has 4 aromatic rings. The number of hydrogen-bond donors (Lipinski definition) is 2. The molecule has 0 aliphatic carbocycles. The lowest BCUT2D eigenvalue weighted by molar-refractivity contribution is -0.133. The molecule has 1 saturated heterocycles. The molecule has 5 rings (SSSR count). The van der Waals surface area contributed by atoms with Crippen LogP contribution in [-0.4, -0.2) is 17.7 Å². The van der Waals surface area contributed by atoms with E-state index < -0.39 is 0 Å². The van der Waals surface area contributed by atoms with Crippen molar-refractivity contribution in [1.82, 2.24) is 5.32 Å². The molecule has 0 atom stereocenters. The first-order valence-electron chi connectivity index (χ1n) is 9.72. The van der Waals surface area contributed by atoms with Gasteiger partial charge in [-0.3, -0.25) is 19.7 Å². The Labute approximate surface area is 171 Å². The summed E-state index contributed by atoms with van der Waals surface area (Å²) in [5.41, 5.74) is 3.50. The Bertz CT molecular complexity index is 1290. The van der Waals surface area contributed by atoms with Crippen LogP contribution in [0.3, 0.4) is 0 Å². The van der Waals surface area contributed by atoms with Crippen molar-refractivity contribution in [1.29, 1.82) is 0 Å². The normalized spacial score (nSPS) is 14.8. The van der Waals surface area contributed by atoms with Crippen LogP contribution < -0.4 is 10.6 Å². The second-order valence-electron chi connectivity index (χ2n) is 7.46. The number of para-hydroxylation sites is 1. The maximum absolute atomic E-state index is 12.7. The molecule has 0 spiro atoms. The lowest BCUT2D eigenvalue weighted by atomic mass is 9.89. The first-order valence-corrected chi connectivity index (χ1v) is 9.72. The van der Waals surface area contributed by atoms with Gasteiger partial charge in [-0.25, -0.2) is 0 Å². The van der Waals surface area contributed by atoms with Crippen LogP contribution in [0.25, 0.3) is 21.9 Å². The SMILES string of the molecule is O=C1CC(c2ccc(NC(=O)c3ccc4c(c3)oc3ccccc34)cc2)CC(=O)N1. The molecule has 30 heavy (non-hydrogen) atoms. The lowest BCUT2D eigenvalue weighted by Crippen LogP contribution is -2.37. The van der Waals surface area contributed by atoms with Crippen molar-refractivity contribution >= 4 is 45.3 Å². The van der Waals surface area contributed by atoms with Gasteiger partial charge in [-0.15, -0.1) is 0 Å². The van der Waals surface area contributed by atoms with Crippen LogP contribution in [0.15, 0.2) is 71.1 Å². The van der Waals surface area contributed by atoms with Crippen molar-refractivity contribution < 1.29 is 18.8 Å². The molecule has 3 aromatic carbocycles. The van der Waals surface area contributed by atoms with Crippen LogP contribution in [0, 0.1) is 0 Å². The van der Waals surface area contributed by atoms with Gasteiger partial charge in [0.2, 0.25) is 11.8 Å². The van der Waals surface area contributed by atoms with Gasteiger partial charge < -0.3 is 9.73 Å². The van der Waals surface area contributed by atoms with Crippen LogP contribution >= 0.6 is 0 Å². The van der Waals surface area contributed by atoms with Gasteiger partial charge in [-0.05, 0) is 42.0 Å². The molecular weight excluding hydrogens is 380 g/mol. The summed E-state index contributed by atoms with van der Waals surface area (Å²) in [6, 6.07) is 20.4. The maximum Gasteiger partial charge on any atom is 0.255 e. The number of nitrogens with one attached hydrogen (secondary N) is 2. The van der Waals surface area contributed by atoms with Gasteiger partial charge in [0, 0.05) is 40.8 Å². The highest BCUT2D eigenvalue weighted by Gasteiger charge is 2.26. The molecule has 2 N–H and O–H groups in total. The van der Waals surface area contributed by atoms with Crippen molar-refractivity contribution in [2.45, 2.75) is 18.8 Å². The highest BCUT2D eigenvalue weighted by atomic mass is 16.3. The third kappa shape index (κ3) is 3.33. The second kappa shape index (κ2) is 7.15. The molecule has 0 radical (unpaired) electrons. The van der Waals surface area contributed by atoms with Crippen LogP contribution in [0.2, 0.25) is 0 Å². The summed E-state index contributed by atoms with van der Waals surface area (Å²) in [6.45, 7) is 0. The van der Waals surface area contributed by atoms with E-state index in [4.69, 9.17) is 4.42 Å². The number of carbonyl (C=O) groups is 3. The van der Waals surface area contributed by atoms with E-state index >= 15 is 0 Å². The van der Waals surface area contributed by atoms with Crippen molar-refractivity contribution in [3.05, 3.63) is 77.9 Å². The van der Waals surface area contributed by atoms with Gasteiger partial charge in [-0.1, -0.05) is 30.3 Å². The van der Waals surface area contributed by atoms with Crippen LogP contribution in [0.5, 0.6) is 0 Å². The fraction of sp³-hybridized carbons (Fsp3) is 0.125. The molecule has 6 heteroatoms. The summed E-state index contributed by atoms with van der Waals surface area (Å²) < 4.78 is 5.85. The molecule has 148 valence electrons. The number of anilines is 1. The molecule has 1 fully saturated rings. The molecule has 2 heterocycles. The maximum atomic E-state index is 12.7. The molecule has 0 unspecified atom stereocenters. The first kappa shape index (κ1) is 18.1. The number of fused-ring (bicyclic) bond motifs is 3. The molecule has 0 saturated carbocycles. The van der Waals surface area contributed by atoms with E-state index in [0.717, 1.165) is 21.9 Å². The zero-order valence-corrected chi connectivity index (χ0v) is 16.0. The molecule has 1 aliphatic rings. The fourth-order valence-corrected chi connectivity index (χ4v) is 3.92. The quantitative estimate of drug-likeness (QED) is 0.502. The Morgan fingerprint density at radius 3 is 2.33 bits per heavy atom. The summed E-state index contributed by atoms with van der Waals surface area (Å²) in [7, 11) is 0. The van der Waals surface area contributed by atoms with Crippen molar-refractivity contribution in [3.63, 3.8) is 0 Å². The van der Waals surface area contributed by atoms with E-state index in [-0.39, 0.29) is 36.5 Å². The highest BCUT2D eigenvalue weighted by molar-refractivity contribution is 6.10. The first-order chi connectivity index (χ1) is 14.6. The Balaban J connectivity index is 1.34. The van der Waals surface area contributed by atoms with E-state index in [0.29, 0.717) is 16.8 Å². The number of furan rings is 1. The summed E-state index contributed by atoms with van der Waals surface area (Å²) in [5, 5.41) is 7.18. The van der Waals surface area contributed by atoms with Crippen molar-refractivity contribution in [2.75, 3.05) is 5.32 Å². The van der Waals surface area contributed by atoms with Crippen LogP contribution in [0.4, 0.5) is 5.69 Å². The van der Waals surface area contributed by atoms with E-state index in [9.17, 15) is 14.4 Å². The summed E-state index contributed by atoms with van der Waals surface area (Å²) in [5.74, 6) is -0.881. The topological polar surface area (TPSA) is 88.4 Å². The molecule has 1 aliphatic heterocycles. The molecule has 3 amide bonds. The largest absolute Gasteiger partial charge is 0.456 e. The van der Waals surface area contributed by atoms with Gasteiger partial charge in [-0.2, -0.15) is 0 Å². The Morgan fingerprint density at radius 2 is 1.57 bits per heavy atom. The Kier molecular flexibility index (Phi) is 4.32. The second-order valence-corrected chi connectivity index (χ2v) is 7.46. The third-order valence-corrected chi connectivity index (χ3v) is 5.42. The number of piperidine rings is 1. The number of benzene rings is 3. The Hall–Kier alpha value is -3.93. The lowest BCUT2D eigenvalue weighted by Gasteiger charge is -2.21. The minimum absolute atomic E-state index is 0.133. The summed E-state index contributed by atoms with van der Waals surface area (Å²) in [4.78, 5) is 35.9. The number of carbonyl (C=O) groups excluding carboxylic acids is 3. The number of hydrogen-bond acceptors (Lipinski definition) is 4. The van der Waals surface area contributed by atoms with Gasteiger partial charge in [0.1, 0.15) is 11.2 Å². The van der Waals surface area contributed by atoms with E-state index in [1.54, 1.807) is 24.3 Å². The monoisotopic (exact) mass is 398 g/mol. The van der Waals surface area contributed by atoms with E-state index in [1.807, 2.05) is 42.5 Å². The minimum Gasteiger partial charge on any atom is -0.456 e. The highest BCUT2D eigenvalue weighted by Crippen LogP contribution is 2.30. The van der Waals surface area contributed by atoms with Gasteiger partial charge in [0.15, 0.2) is 0 Å². The average molecular weight is 398 g/mol. The van der Waals surface area contributed by atoms with Crippen molar-refractivity contribution in [3.8, 4) is 0 Å². The molecular formula is C24H18N2O4. The molecule has 0 bridgehead atoms. The minimum atomic E-state index is -0.255. The zero-order chi connectivity index (χ0) is 20.7. The van der Waals surface area contributed by atoms with Crippen LogP contribution in [0.1, 0.15) is 34.7 Å². The van der Waals surface area contributed by atoms with Crippen LogP contribution in [-0.2, 0) is 9.59 Å². The third-order valence-electron chi connectivity index (χ3n) is 5.42.